The summed E-state index contributed by atoms with van der Waals surface area (Å²) in [6, 6.07) is 9.22. The van der Waals surface area contributed by atoms with Crippen molar-refractivity contribution < 1.29 is 17.9 Å². The normalized spacial score (nSPS) is 12.9. The highest BCUT2D eigenvalue weighted by atomic mass is 32.2. The predicted molar refractivity (Wildman–Crippen MR) is 82.8 cm³/mol. The van der Waals surface area contributed by atoms with Crippen LogP contribution in [0, 0.1) is 0 Å². The number of hydrogen-bond donors (Lipinski definition) is 1. The molecule has 1 atom stereocenters. The van der Waals surface area contributed by atoms with Gasteiger partial charge in [0.1, 0.15) is 0 Å². The molecule has 0 aliphatic heterocycles. The van der Waals surface area contributed by atoms with Crippen molar-refractivity contribution in [3.05, 3.63) is 35.9 Å². The van der Waals surface area contributed by atoms with Crippen molar-refractivity contribution in [1.82, 2.24) is 5.32 Å². The second-order valence-electron chi connectivity index (χ2n) is 4.86. The van der Waals surface area contributed by atoms with E-state index in [4.69, 9.17) is 0 Å². The van der Waals surface area contributed by atoms with Crippen LogP contribution in [0.15, 0.2) is 30.3 Å². The van der Waals surface area contributed by atoms with Gasteiger partial charge in [-0.25, -0.2) is 8.42 Å². The molecule has 1 aromatic carbocycles. The topological polar surface area (TPSA) is 72.5 Å². The fraction of sp³-hybridized carbons (Fsp3) is 0.533. The van der Waals surface area contributed by atoms with Crippen molar-refractivity contribution in [2.45, 2.75) is 25.8 Å². The number of sulfone groups is 1. The van der Waals surface area contributed by atoms with Crippen molar-refractivity contribution in [1.29, 1.82) is 0 Å². The van der Waals surface area contributed by atoms with E-state index < -0.39 is 15.8 Å². The molecule has 0 aromatic heterocycles. The van der Waals surface area contributed by atoms with Crippen LogP contribution in [0.1, 0.15) is 31.4 Å². The average molecular weight is 313 g/mol. The van der Waals surface area contributed by atoms with Crippen LogP contribution in [0.25, 0.3) is 0 Å². The molecule has 1 N–H and O–H groups in total. The van der Waals surface area contributed by atoms with E-state index in [0.29, 0.717) is 0 Å². The first kappa shape index (κ1) is 17.7. The maximum atomic E-state index is 12.2. The molecule has 0 bridgehead atoms. The Balaban J connectivity index is 2.74. The third kappa shape index (κ3) is 6.73. The van der Waals surface area contributed by atoms with Gasteiger partial charge in [0.25, 0.3) is 0 Å². The zero-order valence-electron chi connectivity index (χ0n) is 12.5. The molecule has 0 aliphatic carbocycles. The molecule has 118 valence electrons. The number of nitrogens with one attached hydrogen (secondary N) is 1. The Bertz CT molecular complexity index is 528. The molecule has 0 aliphatic rings. The lowest BCUT2D eigenvalue weighted by Gasteiger charge is -2.19. The molecule has 0 spiro atoms. The second kappa shape index (κ2) is 8.79. The molecule has 1 unspecified atom stereocenters. The first-order valence-corrected chi connectivity index (χ1v) is 8.86. The molecule has 0 saturated heterocycles. The molecule has 1 aromatic rings. The summed E-state index contributed by atoms with van der Waals surface area (Å²) < 4.78 is 28.8. The van der Waals surface area contributed by atoms with Crippen molar-refractivity contribution in [3.8, 4) is 0 Å². The SMILES string of the molecule is CCCNC(CS(=O)(=O)CCC(=O)OC)c1ccccc1. The maximum Gasteiger partial charge on any atom is 0.306 e. The molecule has 21 heavy (non-hydrogen) atoms. The number of esters is 1. The van der Waals surface area contributed by atoms with Gasteiger partial charge in [-0.2, -0.15) is 0 Å². The first-order valence-electron chi connectivity index (χ1n) is 7.04. The number of ether oxygens (including phenoxy) is 1. The van der Waals surface area contributed by atoms with Crippen LogP contribution in [0.2, 0.25) is 0 Å². The minimum absolute atomic E-state index is 0.0198. The lowest BCUT2D eigenvalue weighted by atomic mass is 10.1. The Morgan fingerprint density at radius 3 is 2.52 bits per heavy atom. The van der Waals surface area contributed by atoms with Crippen molar-refractivity contribution in [2.24, 2.45) is 0 Å². The van der Waals surface area contributed by atoms with Crippen molar-refractivity contribution in [3.63, 3.8) is 0 Å². The van der Waals surface area contributed by atoms with Gasteiger partial charge in [-0.1, -0.05) is 37.3 Å². The van der Waals surface area contributed by atoms with Gasteiger partial charge < -0.3 is 10.1 Å². The minimum atomic E-state index is -3.33. The Labute approximate surface area is 126 Å². The lowest BCUT2D eigenvalue weighted by Crippen LogP contribution is -2.30. The van der Waals surface area contributed by atoms with Crippen LogP contribution in [-0.4, -0.2) is 39.5 Å². The van der Waals surface area contributed by atoms with E-state index in [9.17, 15) is 13.2 Å². The molecule has 6 heteroatoms. The van der Waals surface area contributed by atoms with Crippen LogP contribution < -0.4 is 5.32 Å². The van der Waals surface area contributed by atoms with Gasteiger partial charge in [-0.15, -0.1) is 0 Å². The highest BCUT2D eigenvalue weighted by Gasteiger charge is 2.21. The van der Waals surface area contributed by atoms with E-state index in [-0.39, 0.29) is 24.0 Å². The highest BCUT2D eigenvalue weighted by Crippen LogP contribution is 2.16. The third-order valence-electron chi connectivity index (χ3n) is 3.11. The molecular weight excluding hydrogens is 290 g/mol. The standard InChI is InChI=1S/C15H23NO4S/c1-3-10-16-14(13-7-5-4-6-8-13)12-21(18,19)11-9-15(17)20-2/h4-8,14,16H,3,9-12H2,1-2H3. The van der Waals surface area contributed by atoms with Crippen LogP contribution in [-0.2, 0) is 19.4 Å². The number of benzene rings is 1. The predicted octanol–water partition coefficient (Wildman–Crippen LogP) is 1.71. The summed E-state index contributed by atoms with van der Waals surface area (Å²) in [7, 11) is -2.07. The number of carbonyl (C=O) groups excluding carboxylic acids is 1. The number of methoxy groups -OCH3 is 1. The number of rotatable bonds is 9. The largest absolute Gasteiger partial charge is 0.469 e. The van der Waals surface area contributed by atoms with Crippen LogP contribution in [0.3, 0.4) is 0 Å². The van der Waals surface area contributed by atoms with Crippen LogP contribution in [0.5, 0.6) is 0 Å². The summed E-state index contributed by atoms with van der Waals surface area (Å²) in [5.41, 5.74) is 0.938. The van der Waals surface area contributed by atoms with Gasteiger partial charge in [0.2, 0.25) is 0 Å². The Hall–Kier alpha value is -1.40. The van der Waals surface area contributed by atoms with E-state index in [1.807, 2.05) is 37.3 Å². The van der Waals surface area contributed by atoms with E-state index >= 15 is 0 Å². The van der Waals surface area contributed by atoms with Crippen LogP contribution >= 0.6 is 0 Å². The fourth-order valence-corrected chi connectivity index (χ4v) is 3.42. The molecule has 0 heterocycles. The Morgan fingerprint density at radius 2 is 1.95 bits per heavy atom. The highest BCUT2D eigenvalue weighted by molar-refractivity contribution is 7.91. The van der Waals surface area contributed by atoms with Gasteiger partial charge in [0.15, 0.2) is 9.84 Å². The zero-order valence-corrected chi connectivity index (χ0v) is 13.4. The lowest BCUT2D eigenvalue weighted by molar-refractivity contribution is -0.140. The van der Waals surface area contributed by atoms with E-state index in [0.717, 1.165) is 18.5 Å². The maximum absolute atomic E-state index is 12.2. The van der Waals surface area contributed by atoms with Crippen molar-refractivity contribution in [2.75, 3.05) is 25.2 Å². The summed E-state index contributed by atoms with van der Waals surface area (Å²) in [4.78, 5) is 11.1. The summed E-state index contributed by atoms with van der Waals surface area (Å²) in [5.74, 6) is -0.707. The zero-order chi connectivity index (χ0) is 15.7. The molecule has 1 rings (SSSR count). The molecule has 0 amide bonds. The first-order chi connectivity index (χ1) is 9.98. The van der Waals surface area contributed by atoms with Gasteiger partial charge in [-0.05, 0) is 18.5 Å². The summed E-state index contributed by atoms with van der Waals surface area (Å²) in [6.45, 7) is 2.77. The van der Waals surface area contributed by atoms with Gasteiger partial charge >= 0.3 is 5.97 Å². The average Bonchev–Trinajstić information content (AvgIpc) is 2.50. The molecule has 5 nitrogen and oxygen atoms in total. The minimum Gasteiger partial charge on any atom is -0.469 e. The molecule has 0 saturated carbocycles. The smallest absolute Gasteiger partial charge is 0.306 e. The molecule has 0 fully saturated rings. The summed E-state index contributed by atoms with van der Waals surface area (Å²) in [5, 5.41) is 3.25. The van der Waals surface area contributed by atoms with Crippen LogP contribution in [0.4, 0.5) is 0 Å². The van der Waals surface area contributed by atoms with Gasteiger partial charge in [-0.3, -0.25) is 4.79 Å². The summed E-state index contributed by atoms with van der Waals surface area (Å²) in [6.07, 6.45) is 0.819. The van der Waals surface area contributed by atoms with Gasteiger partial charge in [0.05, 0.1) is 25.0 Å². The second-order valence-corrected chi connectivity index (χ2v) is 7.09. The number of carbonyl (C=O) groups is 1. The monoisotopic (exact) mass is 313 g/mol. The quantitative estimate of drug-likeness (QED) is 0.703. The molecule has 0 radical (unpaired) electrons. The summed E-state index contributed by atoms with van der Waals surface area (Å²) >= 11 is 0. The third-order valence-corrected chi connectivity index (χ3v) is 4.78. The Kier molecular flexibility index (Phi) is 7.39. The number of hydrogen-bond acceptors (Lipinski definition) is 5. The van der Waals surface area contributed by atoms with E-state index in [2.05, 4.69) is 10.1 Å². The van der Waals surface area contributed by atoms with Gasteiger partial charge in [0, 0.05) is 6.04 Å². The van der Waals surface area contributed by atoms with Crippen molar-refractivity contribution >= 4 is 15.8 Å². The Morgan fingerprint density at radius 1 is 1.29 bits per heavy atom. The van der Waals surface area contributed by atoms with E-state index in [1.165, 1.54) is 7.11 Å². The fourth-order valence-electron chi connectivity index (χ4n) is 1.96. The molecular formula is C15H23NO4S. The van der Waals surface area contributed by atoms with E-state index in [1.54, 1.807) is 0 Å².